The van der Waals surface area contributed by atoms with Crippen molar-refractivity contribution < 1.29 is 8.42 Å². The van der Waals surface area contributed by atoms with E-state index in [-0.39, 0.29) is 12.4 Å². The van der Waals surface area contributed by atoms with Gasteiger partial charge in [0.1, 0.15) is 0 Å². The fourth-order valence-corrected chi connectivity index (χ4v) is 1.94. The van der Waals surface area contributed by atoms with E-state index < -0.39 is 10.2 Å². The minimum absolute atomic E-state index is 0. The van der Waals surface area contributed by atoms with Gasteiger partial charge < -0.3 is 5.32 Å². The summed E-state index contributed by atoms with van der Waals surface area (Å²) in [6.07, 6.45) is 2.18. The van der Waals surface area contributed by atoms with Crippen molar-refractivity contribution in [2.24, 2.45) is 0 Å². The van der Waals surface area contributed by atoms with E-state index in [1.54, 1.807) is 0 Å². The van der Waals surface area contributed by atoms with E-state index in [1.807, 2.05) is 0 Å². The summed E-state index contributed by atoms with van der Waals surface area (Å²) in [6.45, 7) is 1.48. The maximum absolute atomic E-state index is 11.3. The van der Waals surface area contributed by atoms with Crippen molar-refractivity contribution in [1.29, 1.82) is 0 Å². The van der Waals surface area contributed by atoms with Gasteiger partial charge in [-0.25, -0.2) is 4.72 Å². The van der Waals surface area contributed by atoms with Crippen LogP contribution >= 0.6 is 12.4 Å². The van der Waals surface area contributed by atoms with Crippen LogP contribution in [0.3, 0.4) is 0 Å². The average Bonchev–Trinajstić information content (AvgIpc) is 2.52. The molecule has 1 aliphatic rings. The number of nitrogens with zero attached hydrogens (tertiary/aromatic N) is 1. The SMILES string of the molecule is CN(C)S(=O)(=O)NCC1CCCN1.Cl. The lowest BCUT2D eigenvalue weighted by Gasteiger charge is -2.15. The van der Waals surface area contributed by atoms with Crippen molar-refractivity contribution in [2.45, 2.75) is 18.9 Å². The van der Waals surface area contributed by atoms with Gasteiger partial charge in [-0.1, -0.05) is 0 Å². The fraction of sp³-hybridized carbons (Fsp3) is 1.00. The van der Waals surface area contributed by atoms with E-state index in [1.165, 1.54) is 18.4 Å². The van der Waals surface area contributed by atoms with Gasteiger partial charge in [-0.05, 0) is 19.4 Å². The Kier molecular flexibility index (Phi) is 5.92. The molecule has 0 aromatic rings. The summed E-state index contributed by atoms with van der Waals surface area (Å²) in [5.74, 6) is 0. The van der Waals surface area contributed by atoms with Gasteiger partial charge in [0.15, 0.2) is 0 Å². The van der Waals surface area contributed by atoms with Crippen molar-refractivity contribution in [1.82, 2.24) is 14.3 Å². The lowest BCUT2D eigenvalue weighted by atomic mass is 10.2. The first-order chi connectivity index (χ1) is 6.02. The molecule has 5 nitrogen and oxygen atoms in total. The van der Waals surface area contributed by atoms with Gasteiger partial charge in [-0.15, -0.1) is 12.4 Å². The van der Waals surface area contributed by atoms with Crippen LogP contribution in [0.1, 0.15) is 12.8 Å². The predicted octanol–water partition coefficient (Wildman–Crippen LogP) is -0.444. The van der Waals surface area contributed by atoms with Crippen LogP contribution in [0.5, 0.6) is 0 Å². The average molecular weight is 244 g/mol. The molecule has 1 unspecified atom stereocenters. The molecule has 0 aromatic carbocycles. The Hall–Kier alpha value is 0.120. The second-order valence-corrected chi connectivity index (χ2v) is 5.40. The molecule has 0 aromatic heterocycles. The van der Waals surface area contributed by atoms with Crippen molar-refractivity contribution in [3.05, 3.63) is 0 Å². The predicted molar refractivity (Wildman–Crippen MR) is 58.9 cm³/mol. The highest BCUT2D eigenvalue weighted by Crippen LogP contribution is 2.03. The van der Waals surface area contributed by atoms with E-state index in [4.69, 9.17) is 0 Å². The molecule has 0 saturated carbocycles. The second kappa shape index (κ2) is 5.87. The van der Waals surface area contributed by atoms with Crippen LogP contribution in [-0.2, 0) is 10.2 Å². The molecule has 0 spiro atoms. The van der Waals surface area contributed by atoms with Gasteiger partial charge in [-0.2, -0.15) is 12.7 Å². The van der Waals surface area contributed by atoms with Gasteiger partial charge in [0.05, 0.1) is 0 Å². The minimum atomic E-state index is -3.24. The highest BCUT2D eigenvalue weighted by Gasteiger charge is 2.18. The molecule has 14 heavy (non-hydrogen) atoms. The molecule has 1 saturated heterocycles. The highest BCUT2D eigenvalue weighted by molar-refractivity contribution is 7.87. The third kappa shape index (κ3) is 4.10. The van der Waals surface area contributed by atoms with E-state index in [9.17, 15) is 8.42 Å². The van der Waals surface area contributed by atoms with Crippen LogP contribution in [0.25, 0.3) is 0 Å². The summed E-state index contributed by atoms with van der Waals surface area (Å²) in [5.41, 5.74) is 0. The number of hydrogen-bond donors (Lipinski definition) is 2. The summed E-state index contributed by atoms with van der Waals surface area (Å²) < 4.78 is 26.3. The molecular weight excluding hydrogens is 226 g/mol. The van der Waals surface area contributed by atoms with Crippen molar-refractivity contribution in [2.75, 3.05) is 27.2 Å². The first kappa shape index (κ1) is 14.1. The first-order valence-corrected chi connectivity index (χ1v) is 5.87. The Labute approximate surface area is 91.8 Å². The third-order valence-corrected chi connectivity index (χ3v) is 3.65. The zero-order chi connectivity index (χ0) is 9.90. The van der Waals surface area contributed by atoms with Gasteiger partial charge in [0, 0.05) is 26.7 Å². The summed E-state index contributed by atoms with van der Waals surface area (Å²) in [6, 6.07) is 0.301. The van der Waals surface area contributed by atoms with Crippen molar-refractivity contribution >= 4 is 22.6 Å². The second-order valence-electron chi connectivity index (χ2n) is 3.43. The normalized spacial score (nSPS) is 22.4. The van der Waals surface area contributed by atoms with Crippen LogP contribution in [0.15, 0.2) is 0 Å². The molecule has 0 bridgehead atoms. The summed E-state index contributed by atoms with van der Waals surface area (Å²) >= 11 is 0. The summed E-state index contributed by atoms with van der Waals surface area (Å²) in [7, 11) is -0.206. The van der Waals surface area contributed by atoms with Gasteiger partial charge in [0.2, 0.25) is 0 Å². The molecule has 2 N–H and O–H groups in total. The maximum atomic E-state index is 11.3. The first-order valence-electron chi connectivity index (χ1n) is 4.43. The zero-order valence-electron chi connectivity index (χ0n) is 8.49. The lowest BCUT2D eigenvalue weighted by Crippen LogP contribution is -2.42. The van der Waals surface area contributed by atoms with E-state index in [0.717, 1.165) is 19.4 Å². The van der Waals surface area contributed by atoms with E-state index in [2.05, 4.69) is 10.0 Å². The molecule has 7 heteroatoms. The third-order valence-electron chi connectivity index (χ3n) is 2.16. The van der Waals surface area contributed by atoms with Crippen LogP contribution in [0.4, 0.5) is 0 Å². The largest absolute Gasteiger partial charge is 0.313 e. The van der Waals surface area contributed by atoms with Gasteiger partial charge in [-0.3, -0.25) is 0 Å². The Morgan fingerprint density at radius 1 is 1.50 bits per heavy atom. The van der Waals surface area contributed by atoms with E-state index >= 15 is 0 Å². The molecule has 1 atom stereocenters. The standard InChI is InChI=1S/C7H17N3O2S.ClH/c1-10(2)13(11,12)9-6-7-4-3-5-8-7;/h7-9H,3-6H2,1-2H3;1H. The number of rotatable bonds is 4. The molecule has 1 heterocycles. The van der Waals surface area contributed by atoms with Gasteiger partial charge in [0.25, 0.3) is 10.2 Å². The monoisotopic (exact) mass is 243 g/mol. The summed E-state index contributed by atoms with van der Waals surface area (Å²) in [4.78, 5) is 0. The lowest BCUT2D eigenvalue weighted by molar-refractivity contribution is 0.493. The molecular formula is C7H18ClN3O2S. The van der Waals surface area contributed by atoms with Crippen molar-refractivity contribution in [3.63, 3.8) is 0 Å². The van der Waals surface area contributed by atoms with Gasteiger partial charge >= 0.3 is 0 Å². The molecule has 1 aliphatic heterocycles. The Morgan fingerprint density at radius 2 is 2.14 bits per heavy atom. The molecule has 1 rings (SSSR count). The van der Waals surface area contributed by atoms with Crippen molar-refractivity contribution in [3.8, 4) is 0 Å². The maximum Gasteiger partial charge on any atom is 0.278 e. The number of nitrogens with one attached hydrogen (secondary N) is 2. The Balaban J connectivity index is 0.00000169. The molecule has 0 amide bonds. The summed E-state index contributed by atoms with van der Waals surface area (Å²) in [5, 5.41) is 3.22. The number of halogens is 1. The zero-order valence-corrected chi connectivity index (χ0v) is 10.1. The smallest absolute Gasteiger partial charge is 0.278 e. The fourth-order valence-electron chi connectivity index (χ4n) is 1.27. The molecule has 1 fully saturated rings. The molecule has 0 radical (unpaired) electrons. The van der Waals surface area contributed by atoms with Crippen LogP contribution in [-0.4, -0.2) is 45.9 Å². The topological polar surface area (TPSA) is 61.4 Å². The Bertz CT molecular complexity index is 250. The Morgan fingerprint density at radius 3 is 2.57 bits per heavy atom. The molecule has 86 valence electrons. The van der Waals surface area contributed by atoms with Crippen LogP contribution < -0.4 is 10.0 Å². The quantitative estimate of drug-likeness (QED) is 0.704. The van der Waals surface area contributed by atoms with E-state index in [0.29, 0.717) is 12.6 Å². The number of hydrogen-bond acceptors (Lipinski definition) is 3. The minimum Gasteiger partial charge on any atom is -0.313 e. The van der Waals surface area contributed by atoms with Crippen LogP contribution in [0, 0.1) is 0 Å². The molecule has 0 aliphatic carbocycles. The van der Waals surface area contributed by atoms with Crippen LogP contribution in [0.2, 0.25) is 0 Å². The highest BCUT2D eigenvalue weighted by atomic mass is 35.5.